The molecule has 3 heterocycles. The van der Waals surface area contributed by atoms with Crippen molar-refractivity contribution in [1.82, 2.24) is 20.0 Å². The monoisotopic (exact) mass is 397 g/mol. The van der Waals surface area contributed by atoms with Crippen LogP contribution < -0.4 is 4.90 Å². The number of rotatable bonds is 5. The number of hydrogen-bond donors (Lipinski definition) is 0. The van der Waals surface area contributed by atoms with E-state index in [0.717, 1.165) is 24.5 Å². The number of hydrogen-bond acceptors (Lipinski definition) is 6. The predicted molar refractivity (Wildman–Crippen MR) is 106 cm³/mol. The lowest BCUT2D eigenvalue weighted by Gasteiger charge is -2.35. The summed E-state index contributed by atoms with van der Waals surface area (Å²) in [5.74, 6) is 2.02. The van der Waals surface area contributed by atoms with Crippen LogP contribution in [0.2, 0.25) is 5.02 Å². The van der Waals surface area contributed by atoms with Gasteiger partial charge in [0.15, 0.2) is 0 Å². The molecule has 0 saturated carbocycles. The molecule has 1 saturated heterocycles. The smallest absolute Gasteiger partial charge is 0.227 e. The number of benzene rings is 1. The summed E-state index contributed by atoms with van der Waals surface area (Å²) in [4.78, 5) is 25.3. The van der Waals surface area contributed by atoms with Crippen molar-refractivity contribution in [2.24, 2.45) is 0 Å². The van der Waals surface area contributed by atoms with Crippen LogP contribution in [0.3, 0.4) is 0 Å². The van der Waals surface area contributed by atoms with Crippen molar-refractivity contribution in [1.29, 1.82) is 0 Å². The molecule has 1 aliphatic rings. The third kappa shape index (κ3) is 4.31. The van der Waals surface area contributed by atoms with E-state index in [1.807, 2.05) is 35.2 Å². The molecule has 0 N–H and O–H groups in total. The molecule has 8 heteroatoms. The summed E-state index contributed by atoms with van der Waals surface area (Å²) in [6.07, 6.45) is 2.57. The van der Waals surface area contributed by atoms with Gasteiger partial charge in [0.25, 0.3) is 0 Å². The van der Waals surface area contributed by atoms with Gasteiger partial charge in [-0.1, -0.05) is 22.8 Å². The first-order valence-corrected chi connectivity index (χ1v) is 9.59. The Kier molecular flexibility index (Phi) is 5.53. The van der Waals surface area contributed by atoms with Crippen molar-refractivity contribution in [2.45, 2.75) is 12.8 Å². The molecule has 1 fully saturated rings. The van der Waals surface area contributed by atoms with E-state index >= 15 is 0 Å². The van der Waals surface area contributed by atoms with E-state index in [1.165, 1.54) is 0 Å². The highest BCUT2D eigenvalue weighted by molar-refractivity contribution is 6.30. The van der Waals surface area contributed by atoms with E-state index in [-0.39, 0.29) is 5.91 Å². The maximum Gasteiger partial charge on any atom is 0.227 e. The van der Waals surface area contributed by atoms with E-state index in [1.54, 1.807) is 18.3 Å². The SMILES string of the molecule is O=C(CCc1nc(-c2ccc(Cl)cc2)no1)N1CCN(c2ccccn2)CC1. The van der Waals surface area contributed by atoms with Gasteiger partial charge in [0, 0.05) is 55.8 Å². The van der Waals surface area contributed by atoms with Crippen LogP contribution in [0, 0.1) is 0 Å². The lowest BCUT2D eigenvalue weighted by molar-refractivity contribution is -0.131. The van der Waals surface area contributed by atoms with Crippen LogP contribution in [-0.4, -0.2) is 52.1 Å². The average Bonchev–Trinajstić information content (AvgIpc) is 3.22. The summed E-state index contributed by atoms with van der Waals surface area (Å²) in [6, 6.07) is 13.1. The van der Waals surface area contributed by atoms with Crippen molar-refractivity contribution < 1.29 is 9.32 Å². The number of pyridine rings is 1. The first-order valence-electron chi connectivity index (χ1n) is 9.21. The van der Waals surface area contributed by atoms with Crippen LogP contribution in [0.4, 0.5) is 5.82 Å². The molecule has 1 aromatic carbocycles. The molecule has 1 aliphatic heterocycles. The molecule has 28 heavy (non-hydrogen) atoms. The standard InChI is InChI=1S/C20H20ClN5O2/c21-16-6-4-15(5-7-16)20-23-18(28-24-20)8-9-19(27)26-13-11-25(12-14-26)17-3-1-2-10-22-17/h1-7,10H,8-9,11-14H2. The number of aromatic nitrogens is 3. The van der Waals surface area contributed by atoms with E-state index in [2.05, 4.69) is 20.0 Å². The van der Waals surface area contributed by atoms with Crippen molar-refractivity contribution in [3.05, 3.63) is 59.6 Å². The van der Waals surface area contributed by atoms with Gasteiger partial charge in [-0.2, -0.15) is 4.98 Å². The molecule has 0 bridgehead atoms. The Morgan fingerprint density at radius 3 is 2.57 bits per heavy atom. The first-order chi connectivity index (χ1) is 13.7. The topological polar surface area (TPSA) is 75.4 Å². The average molecular weight is 398 g/mol. The van der Waals surface area contributed by atoms with Crippen molar-refractivity contribution in [3.63, 3.8) is 0 Å². The van der Waals surface area contributed by atoms with Crippen molar-refractivity contribution in [2.75, 3.05) is 31.1 Å². The molecule has 144 valence electrons. The molecular weight excluding hydrogens is 378 g/mol. The molecule has 3 aromatic rings. The van der Waals surface area contributed by atoms with Gasteiger partial charge in [0.1, 0.15) is 5.82 Å². The van der Waals surface area contributed by atoms with Crippen molar-refractivity contribution in [3.8, 4) is 11.4 Å². The summed E-state index contributed by atoms with van der Waals surface area (Å²) in [6.45, 7) is 2.94. The minimum absolute atomic E-state index is 0.104. The lowest BCUT2D eigenvalue weighted by atomic mass is 10.2. The Hall–Kier alpha value is -2.93. The molecule has 0 atom stereocenters. The largest absolute Gasteiger partial charge is 0.353 e. The summed E-state index contributed by atoms with van der Waals surface area (Å²) in [5.41, 5.74) is 0.830. The number of amides is 1. The summed E-state index contributed by atoms with van der Waals surface area (Å²) < 4.78 is 5.28. The molecule has 0 radical (unpaired) electrons. The normalized spacial score (nSPS) is 14.3. The van der Waals surface area contributed by atoms with Gasteiger partial charge in [0.05, 0.1) is 0 Å². The summed E-state index contributed by atoms with van der Waals surface area (Å²) in [5, 5.41) is 4.64. The van der Waals surface area contributed by atoms with Crippen LogP contribution in [0.25, 0.3) is 11.4 Å². The van der Waals surface area contributed by atoms with Gasteiger partial charge in [-0.3, -0.25) is 4.79 Å². The summed E-state index contributed by atoms with van der Waals surface area (Å²) in [7, 11) is 0. The Morgan fingerprint density at radius 1 is 1.07 bits per heavy atom. The first kappa shape index (κ1) is 18.4. The van der Waals surface area contributed by atoms with E-state index < -0.39 is 0 Å². The van der Waals surface area contributed by atoms with E-state index in [0.29, 0.717) is 42.7 Å². The number of anilines is 1. The lowest BCUT2D eigenvalue weighted by Crippen LogP contribution is -2.49. The van der Waals surface area contributed by atoms with Gasteiger partial charge >= 0.3 is 0 Å². The molecule has 7 nitrogen and oxygen atoms in total. The fourth-order valence-corrected chi connectivity index (χ4v) is 3.30. The van der Waals surface area contributed by atoms with Crippen LogP contribution in [0.5, 0.6) is 0 Å². The Labute approximate surface area is 167 Å². The number of halogens is 1. The molecule has 2 aromatic heterocycles. The van der Waals surface area contributed by atoms with Crippen molar-refractivity contribution >= 4 is 23.3 Å². The third-order valence-electron chi connectivity index (χ3n) is 4.73. The van der Waals surface area contributed by atoms with E-state index in [4.69, 9.17) is 16.1 Å². The van der Waals surface area contributed by atoms with Crippen LogP contribution in [0.15, 0.2) is 53.2 Å². The molecular formula is C20H20ClN5O2. The molecule has 0 spiro atoms. The second-order valence-corrected chi connectivity index (χ2v) is 7.01. The van der Waals surface area contributed by atoms with Gasteiger partial charge < -0.3 is 14.3 Å². The Morgan fingerprint density at radius 2 is 1.86 bits per heavy atom. The number of carbonyl (C=O) groups is 1. The maximum atomic E-state index is 12.5. The number of aryl methyl sites for hydroxylation is 1. The zero-order valence-electron chi connectivity index (χ0n) is 15.3. The summed E-state index contributed by atoms with van der Waals surface area (Å²) >= 11 is 5.89. The second-order valence-electron chi connectivity index (χ2n) is 6.57. The zero-order valence-corrected chi connectivity index (χ0v) is 16.0. The maximum absolute atomic E-state index is 12.5. The molecule has 4 rings (SSSR count). The minimum Gasteiger partial charge on any atom is -0.353 e. The fourth-order valence-electron chi connectivity index (χ4n) is 3.17. The molecule has 1 amide bonds. The quantitative estimate of drug-likeness (QED) is 0.658. The number of nitrogens with zero attached hydrogens (tertiary/aromatic N) is 5. The number of piperazine rings is 1. The fraction of sp³-hybridized carbons (Fsp3) is 0.300. The highest BCUT2D eigenvalue weighted by atomic mass is 35.5. The Balaban J connectivity index is 1.28. The zero-order chi connectivity index (χ0) is 19.3. The van der Waals surface area contributed by atoms with E-state index in [9.17, 15) is 4.79 Å². The Bertz CT molecular complexity index is 921. The van der Waals surface area contributed by atoms with Crippen LogP contribution in [0.1, 0.15) is 12.3 Å². The van der Waals surface area contributed by atoms with Gasteiger partial charge in [-0.15, -0.1) is 0 Å². The highest BCUT2D eigenvalue weighted by Crippen LogP contribution is 2.19. The molecule has 0 aliphatic carbocycles. The van der Waals surface area contributed by atoms with Crippen LogP contribution in [-0.2, 0) is 11.2 Å². The van der Waals surface area contributed by atoms with Gasteiger partial charge in [-0.05, 0) is 36.4 Å². The minimum atomic E-state index is 0.104. The predicted octanol–water partition coefficient (Wildman–Crippen LogP) is 3.07. The van der Waals surface area contributed by atoms with Gasteiger partial charge in [-0.25, -0.2) is 4.98 Å². The highest BCUT2D eigenvalue weighted by Gasteiger charge is 2.22. The van der Waals surface area contributed by atoms with Crippen LogP contribution >= 0.6 is 11.6 Å². The van der Waals surface area contributed by atoms with Gasteiger partial charge in [0.2, 0.25) is 17.6 Å². The molecule has 0 unspecified atom stereocenters. The number of carbonyl (C=O) groups excluding carboxylic acids is 1. The second kappa shape index (κ2) is 8.39. The third-order valence-corrected chi connectivity index (χ3v) is 4.98.